The number of anilines is 1. The third-order valence-electron chi connectivity index (χ3n) is 3.09. The van der Waals surface area contributed by atoms with Crippen molar-refractivity contribution in [1.82, 2.24) is 14.6 Å². The summed E-state index contributed by atoms with van der Waals surface area (Å²) >= 11 is 0. The predicted molar refractivity (Wildman–Crippen MR) is 74.5 cm³/mol. The van der Waals surface area contributed by atoms with Crippen LogP contribution in [0.5, 0.6) is 0 Å². The maximum Gasteiger partial charge on any atom is 0.356 e. The van der Waals surface area contributed by atoms with E-state index in [2.05, 4.69) is 10.1 Å². The standard InChI is InChI=1S/C14H12N4O2/c1-8-4-2-3-5-9(8)10-6-12(15)18-13(16-10)7-11(17-18)14(19)20/h2-7H,15H2,1H3,(H,19,20). The van der Waals surface area contributed by atoms with Crippen molar-refractivity contribution in [2.24, 2.45) is 0 Å². The number of nitrogens with zero attached hydrogens (tertiary/aromatic N) is 3. The van der Waals surface area contributed by atoms with E-state index in [0.717, 1.165) is 11.1 Å². The van der Waals surface area contributed by atoms with E-state index in [-0.39, 0.29) is 5.69 Å². The van der Waals surface area contributed by atoms with Crippen LogP contribution in [0.2, 0.25) is 0 Å². The van der Waals surface area contributed by atoms with E-state index < -0.39 is 5.97 Å². The molecule has 1 aromatic carbocycles. The molecule has 2 heterocycles. The van der Waals surface area contributed by atoms with Crippen molar-refractivity contribution in [2.75, 3.05) is 5.73 Å². The van der Waals surface area contributed by atoms with Gasteiger partial charge in [-0.1, -0.05) is 24.3 Å². The van der Waals surface area contributed by atoms with Gasteiger partial charge in [-0.2, -0.15) is 9.61 Å². The van der Waals surface area contributed by atoms with Gasteiger partial charge in [0, 0.05) is 17.7 Å². The summed E-state index contributed by atoms with van der Waals surface area (Å²) in [4.78, 5) is 15.4. The van der Waals surface area contributed by atoms with Crippen LogP contribution in [0.15, 0.2) is 36.4 Å². The summed E-state index contributed by atoms with van der Waals surface area (Å²) < 4.78 is 1.32. The van der Waals surface area contributed by atoms with Crippen molar-refractivity contribution >= 4 is 17.4 Å². The number of carbonyl (C=O) groups is 1. The van der Waals surface area contributed by atoms with E-state index in [1.54, 1.807) is 6.07 Å². The molecule has 0 spiro atoms. The van der Waals surface area contributed by atoms with Gasteiger partial charge in [0.25, 0.3) is 0 Å². The second kappa shape index (κ2) is 4.34. The third kappa shape index (κ3) is 1.87. The SMILES string of the molecule is Cc1ccccc1-c1cc(N)n2nc(C(=O)O)cc2n1. The fraction of sp³-hybridized carbons (Fsp3) is 0.0714. The Bertz CT molecular complexity index is 823. The minimum absolute atomic E-state index is 0.0777. The highest BCUT2D eigenvalue weighted by Gasteiger charge is 2.13. The number of aromatic carboxylic acids is 1. The normalized spacial score (nSPS) is 10.8. The lowest BCUT2D eigenvalue weighted by atomic mass is 10.1. The number of benzene rings is 1. The van der Waals surface area contributed by atoms with Crippen LogP contribution in [0, 0.1) is 6.92 Å². The Morgan fingerprint density at radius 3 is 2.75 bits per heavy atom. The van der Waals surface area contributed by atoms with E-state index in [1.165, 1.54) is 10.6 Å². The molecular formula is C14H12N4O2. The Balaban J connectivity index is 2.24. The molecule has 0 aliphatic carbocycles. The average molecular weight is 268 g/mol. The quantitative estimate of drug-likeness (QED) is 0.741. The molecule has 0 unspecified atom stereocenters. The van der Waals surface area contributed by atoms with Crippen molar-refractivity contribution in [2.45, 2.75) is 6.92 Å². The maximum absolute atomic E-state index is 10.9. The number of hydrogen-bond acceptors (Lipinski definition) is 4. The minimum atomic E-state index is -1.10. The van der Waals surface area contributed by atoms with E-state index in [1.807, 2.05) is 31.2 Å². The highest BCUT2D eigenvalue weighted by Crippen LogP contribution is 2.24. The zero-order valence-electron chi connectivity index (χ0n) is 10.7. The fourth-order valence-corrected chi connectivity index (χ4v) is 2.10. The molecule has 2 aromatic heterocycles. The molecule has 3 N–H and O–H groups in total. The van der Waals surface area contributed by atoms with E-state index >= 15 is 0 Å². The zero-order chi connectivity index (χ0) is 14.3. The first-order valence-corrected chi connectivity index (χ1v) is 6.02. The Labute approximate surface area is 114 Å². The summed E-state index contributed by atoms with van der Waals surface area (Å²) in [5.41, 5.74) is 8.99. The third-order valence-corrected chi connectivity index (χ3v) is 3.09. The number of rotatable bonds is 2. The Hall–Kier alpha value is -2.89. The molecular weight excluding hydrogens is 256 g/mol. The Kier molecular flexibility index (Phi) is 2.64. The fourth-order valence-electron chi connectivity index (χ4n) is 2.10. The maximum atomic E-state index is 10.9. The van der Waals surface area contributed by atoms with Gasteiger partial charge in [0.1, 0.15) is 5.82 Å². The average Bonchev–Trinajstić information content (AvgIpc) is 2.84. The molecule has 3 aromatic rings. The molecule has 0 saturated carbocycles. The predicted octanol–water partition coefficient (Wildman–Crippen LogP) is 1.99. The van der Waals surface area contributed by atoms with Crippen molar-refractivity contribution in [3.8, 4) is 11.3 Å². The molecule has 0 amide bonds. The van der Waals surface area contributed by atoms with Gasteiger partial charge < -0.3 is 10.8 Å². The lowest BCUT2D eigenvalue weighted by Crippen LogP contribution is -2.03. The number of carboxylic acids is 1. The van der Waals surface area contributed by atoms with Gasteiger partial charge in [0.05, 0.1) is 5.69 Å². The number of aryl methyl sites for hydroxylation is 1. The second-order valence-electron chi connectivity index (χ2n) is 4.49. The number of hydrogen-bond donors (Lipinski definition) is 2. The van der Waals surface area contributed by atoms with Crippen LogP contribution in [0.1, 0.15) is 16.1 Å². The minimum Gasteiger partial charge on any atom is -0.476 e. The van der Waals surface area contributed by atoms with E-state index in [4.69, 9.17) is 10.8 Å². The molecule has 100 valence electrons. The van der Waals surface area contributed by atoms with Gasteiger partial charge in [0.15, 0.2) is 11.3 Å². The summed E-state index contributed by atoms with van der Waals surface area (Å²) in [6, 6.07) is 10.9. The van der Waals surface area contributed by atoms with Crippen LogP contribution in [0.4, 0.5) is 5.82 Å². The number of nitrogen functional groups attached to an aromatic ring is 1. The van der Waals surface area contributed by atoms with Gasteiger partial charge in [-0.25, -0.2) is 9.78 Å². The van der Waals surface area contributed by atoms with Crippen LogP contribution in [0.3, 0.4) is 0 Å². The molecule has 3 rings (SSSR count). The number of fused-ring (bicyclic) bond motifs is 1. The lowest BCUT2D eigenvalue weighted by Gasteiger charge is -2.06. The van der Waals surface area contributed by atoms with Crippen LogP contribution in [-0.4, -0.2) is 25.7 Å². The van der Waals surface area contributed by atoms with Gasteiger partial charge >= 0.3 is 5.97 Å². The topological polar surface area (TPSA) is 93.5 Å². The van der Waals surface area contributed by atoms with E-state index in [9.17, 15) is 4.79 Å². The highest BCUT2D eigenvalue weighted by molar-refractivity contribution is 5.87. The van der Waals surface area contributed by atoms with Crippen molar-refractivity contribution in [3.63, 3.8) is 0 Å². The van der Waals surface area contributed by atoms with Gasteiger partial charge in [-0.3, -0.25) is 0 Å². The Morgan fingerprint density at radius 2 is 2.05 bits per heavy atom. The molecule has 0 saturated heterocycles. The first-order valence-electron chi connectivity index (χ1n) is 6.02. The summed E-state index contributed by atoms with van der Waals surface area (Å²) in [5.74, 6) is -0.756. The zero-order valence-corrected chi connectivity index (χ0v) is 10.7. The van der Waals surface area contributed by atoms with Crippen molar-refractivity contribution in [3.05, 3.63) is 47.7 Å². The Morgan fingerprint density at radius 1 is 1.30 bits per heavy atom. The summed E-state index contributed by atoms with van der Waals surface area (Å²) in [5, 5.41) is 12.9. The summed E-state index contributed by atoms with van der Waals surface area (Å²) in [6.07, 6.45) is 0. The number of nitrogens with two attached hydrogens (primary N) is 1. The molecule has 6 heteroatoms. The highest BCUT2D eigenvalue weighted by atomic mass is 16.4. The molecule has 20 heavy (non-hydrogen) atoms. The van der Waals surface area contributed by atoms with Crippen LogP contribution < -0.4 is 5.73 Å². The largest absolute Gasteiger partial charge is 0.476 e. The summed E-state index contributed by atoms with van der Waals surface area (Å²) in [7, 11) is 0. The number of aromatic nitrogens is 3. The molecule has 0 atom stereocenters. The van der Waals surface area contributed by atoms with Crippen LogP contribution in [0.25, 0.3) is 16.9 Å². The smallest absolute Gasteiger partial charge is 0.356 e. The second-order valence-corrected chi connectivity index (χ2v) is 4.49. The monoisotopic (exact) mass is 268 g/mol. The first-order chi connectivity index (χ1) is 9.56. The van der Waals surface area contributed by atoms with Gasteiger partial charge in [0.2, 0.25) is 0 Å². The van der Waals surface area contributed by atoms with Gasteiger partial charge in [-0.05, 0) is 12.5 Å². The molecule has 0 aliphatic rings. The molecule has 0 bridgehead atoms. The van der Waals surface area contributed by atoms with E-state index in [0.29, 0.717) is 17.2 Å². The van der Waals surface area contributed by atoms with Crippen molar-refractivity contribution in [1.29, 1.82) is 0 Å². The molecule has 6 nitrogen and oxygen atoms in total. The van der Waals surface area contributed by atoms with Crippen LogP contribution >= 0.6 is 0 Å². The summed E-state index contributed by atoms with van der Waals surface area (Å²) in [6.45, 7) is 1.98. The van der Waals surface area contributed by atoms with Crippen LogP contribution in [-0.2, 0) is 0 Å². The molecule has 0 aliphatic heterocycles. The van der Waals surface area contributed by atoms with Gasteiger partial charge in [-0.15, -0.1) is 0 Å². The molecule has 0 fully saturated rings. The van der Waals surface area contributed by atoms with Crippen molar-refractivity contribution < 1.29 is 9.90 Å². The first kappa shape index (κ1) is 12.2. The lowest BCUT2D eigenvalue weighted by molar-refractivity contribution is 0.0690. The molecule has 0 radical (unpaired) electrons. The number of carboxylic acid groups (broad SMARTS) is 1.